The van der Waals surface area contributed by atoms with Gasteiger partial charge in [-0.1, -0.05) is 44.4 Å². The smallest absolute Gasteiger partial charge is 0.262 e. The summed E-state index contributed by atoms with van der Waals surface area (Å²) >= 11 is 0. The second-order valence-electron chi connectivity index (χ2n) is 11.4. The molecule has 30 heavy (non-hydrogen) atoms. The van der Waals surface area contributed by atoms with Crippen LogP contribution in [0.3, 0.4) is 0 Å². The van der Waals surface area contributed by atoms with E-state index in [1.807, 2.05) is 19.1 Å². The topological polar surface area (TPSA) is 43.4 Å². The molecule has 3 nitrogen and oxygen atoms in total. The molecule has 4 saturated carbocycles. The Balaban J connectivity index is 1.37. The summed E-state index contributed by atoms with van der Waals surface area (Å²) in [5.74, 6) is 3.14. The van der Waals surface area contributed by atoms with Gasteiger partial charge in [-0.2, -0.15) is 8.42 Å². The molecule has 0 aliphatic heterocycles. The molecule has 0 radical (unpaired) electrons. The van der Waals surface area contributed by atoms with E-state index in [0.717, 1.165) is 42.6 Å². The maximum absolute atomic E-state index is 13.0. The van der Waals surface area contributed by atoms with Gasteiger partial charge in [0.2, 0.25) is 0 Å². The van der Waals surface area contributed by atoms with Crippen LogP contribution in [-0.2, 0) is 14.3 Å². The Kier molecular flexibility index (Phi) is 5.13. The summed E-state index contributed by atoms with van der Waals surface area (Å²) in [6.07, 6.45) is 12.6. The van der Waals surface area contributed by atoms with Gasteiger partial charge in [-0.05, 0) is 105 Å². The number of fused-ring (bicyclic) bond motifs is 5. The van der Waals surface area contributed by atoms with Crippen LogP contribution in [-0.4, -0.2) is 14.5 Å². The molecule has 0 N–H and O–H groups in total. The lowest BCUT2D eigenvalue weighted by Crippen LogP contribution is -2.53. The predicted octanol–water partition coefficient (Wildman–Crippen LogP) is 6.50. The van der Waals surface area contributed by atoms with Gasteiger partial charge in [0.15, 0.2) is 0 Å². The maximum atomic E-state index is 13.0. The zero-order valence-electron chi connectivity index (χ0n) is 18.9. The number of hydrogen-bond acceptors (Lipinski definition) is 3. The molecule has 7 atom stereocenters. The molecule has 0 spiro atoms. The first-order valence-corrected chi connectivity index (χ1v) is 13.6. The van der Waals surface area contributed by atoms with Gasteiger partial charge >= 0.3 is 0 Å². The number of rotatable bonds is 3. The van der Waals surface area contributed by atoms with Gasteiger partial charge in [0.05, 0.1) is 11.0 Å². The molecule has 0 saturated heterocycles. The van der Waals surface area contributed by atoms with Crippen molar-refractivity contribution in [2.75, 3.05) is 0 Å². The third-order valence-corrected chi connectivity index (χ3v) is 11.4. The second kappa shape index (κ2) is 7.33. The molecule has 4 fully saturated rings. The van der Waals surface area contributed by atoms with E-state index in [2.05, 4.69) is 13.8 Å². The Morgan fingerprint density at radius 2 is 1.57 bits per heavy atom. The summed E-state index contributed by atoms with van der Waals surface area (Å²) in [7, 11) is -3.71. The summed E-state index contributed by atoms with van der Waals surface area (Å²) in [6.45, 7) is 6.91. The molecule has 0 amide bonds. The highest BCUT2D eigenvalue weighted by Crippen LogP contribution is 2.66. The van der Waals surface area contributed by atoms with Crippen molar-refractivity contribution in [3.8, 4) is 0 Å². The monoisotopic (exact) mass is 430 g/mol. The van der Waals surface area contributed by atoms with Crippen molar-refractivity contribution in [1.29, 1.82) is 0 Å². The number of hydrogen-bond donors (Lipinski definition) is 0. The molecular formula is C26H38O3S. The minimum atomic E-state index is -3.71. The van der Waals surface area contributed by atoms with Gasteiger partial charge in [-0.25, -0.2) is 0 Å². The van der Waals surface area contributed by atoms with E-state index in [-0.39, 0.29) is 11.5 Å². The van der Waals surface area contributed by atoms with Crippen molar-refractivity contribution < 1.29 is 12.6 Å². The zero-order valence-corrected chi connectivity index (χ0v) is 19.7. The fraction of sp³-hybridized carbons (Fsp3) is 0.769. The fourth-order valence-electron chi connectivity index (χ4n) is 8.32. The Hall–Kier alpha value is -0.870. The number of aryl methyl sites for hydroxylation is 1. The van der Waals surface area contributed by atoms with Crippen LogP contribution in [0.4, 0.5) is 0 Å². The van der Waals surface area contributed by atoms with Crippen LogP contribution in [0.25, 0.3) is 0 Å². The summed E-state index contributed by atoms with van der Waals surface area (Å²) in [6, 6.07) is 7.07. The molecular weight excluding hydrogens is 392 g/mol. The molecule has 4 aliphatic carbocycles. The summed E-state index contributed by atoms with van der Waals surface area (Å²) in [5, 5.41) is 0. The van der Waals surface area contributed by atoms with Gasteiger partial charge in [-0.3, -0.25) is 4.18 Å². The molecule has 166 valence electrons. The maximum Gasteiger partial charge on any atom is 0.297 e. The lowest BCUT2D eigenvalue weighted by atomic mass is 9.45. The third-order valence-electron chi connectivity index (χ3n) is 10.0. The Morgan fingerprint density at radius 1 is 0.833 bits per heavy atom. The molecule has 0 aromatic heterocycles. The first kappa shape index (κ1) is 21.0. The molecule has 4 aliphatic rings. The Bertz CT molecular complexity index is 891. The third kappa shape index (κ3) is 3.20. The Labute approximate surface area is 183 Å². The standard InChI is InChI=1S/C26H38O3S/c1-18-7-10-20(11-8-18)30(27,28)29-24-14-13-22-21-12-9-19-6-4-5-16-25(19,2)23(21)15-17-26(22,24)3/h7-8,10-11,19,21-24H,4-6,9,12-17H2,1-3H3/t19-,21+,22-,23-,24-,25+,26-/m1/s1. The fourth-order valence-corrected chi connectivity index (χ4v) is 9.52. The SMILES string of the molecule is Cc1ccc(S(=O)(=O)O[C@@H]2CC[C@@H]3[C@@H]4CC[C@H]5CCCC[C@]5(C)[C@@H]4CC[C@]32C)cc1. The van der Waals surface area contributed by atoms with E-state index >= 15 is 0 Å². The van der Waals surface area contributed by atoms with E-state index in [4.69, 9.17) is 4.18 Å². The summed E-state index contributed by atoms with van der Waals surface area (Å²) in [4.78, 5) is 0.295. The quantitative estimate of drug-likeness (QED) is 0.514. The first-order chi connectivity index (χ1) is 14.2. The van der Waals surface area contributed by atoms with Crippen LogP contribution in [0.2, 0.25) is 0 Å². The van der Waals surface area contributed by atoms with E-state index < -0.39 is 10.1 Å². The minimum absolute atomic E-state index is 0.00318. The molecule has 1 aromatic rings. The largest absolute Gasteiger partial charge is 0.297 e. The molecule has 0 bridgehead atoms. The number of benzene rings is 1. The van der Waals surface area contributed by atoms with Crippen molar-refractivity contribution in [2.24, 2.45) is 34.5 Å². The normalized spacial score (nSPS) is 43.5. The van der Waals surface area contributed by atoms with E-state index in [0.29, 0.717) is 16.2 Å². The van der Waals surface area contributed by atoms with Gasteiger partial charge in [-0.15, -0.1) is 0 Å². The highest BCUT2D eigenvalue weighted by atomic mass is 32.2. The van der Waals surface area contributed by atoms with Gasteiger partial charge in [0.25, 0.3) is 10.1 Å². The van der Waals surface area contributed by atoms with Gasteiger partial charge < -0.3 is 0 Å². The van der Waals surface area contributed by atoms with Crippen LogP contribution in [0.15, 0.2) is 29.2 Å². The molecule has 1 aromatic carbocycles. The van der Waals surface area contributed by atoms with Crippen LogP contribution < -0.4 is 0 Å². The minimum Gasteiger partial charge on any atom is -0.262 e. The molecule has 5 rings (SSSR count). The lowest BCUT2D eigenvalue weighted by Gasteiger charge is -2.60. The van der Waals surface area contributed by atoms with Crippen LogP contribution >= 0.6 is 0 Å². The van der Waals surface area contributed by atoms with E-state index in [1.54, 1.807) is 12.1 Å². The van der Waals surface area contributed by atoms with E-state index in [1.165, 1.54) is 44.9 Å². The van der Waals surface area contributed by atoms with Crippen molar-refractivity contribution in [3.05, 3.63) is 29.8 Å². The molecule has 0 heterocycles. The average molecular weight is 431 g/mol. The lowest BCUT2D eigenvalue weighted by molar-refractivity contribution is -0.117. The van der Waals surface area contributed by atoms with Gasteiger partial charge in [0.1, 0.15) is 0 Å². The average Bonchev–Trinajstić information content (AvgIpc) is 3.03. The van der Waals surface area contributed by atoms with E-state index in [9.17, 15) is 8.42 Å². The highest BCUT2D eigenvalue weighted by Gasteiger charge is 2.60. The zero-order chi connectivity index (χ0) is 21.1. The van der Waals surface area contributed by atoms with Crippen molar-refractivity contribution in [3.63, 3.8) is 0 Å². The van der Waals surface area contributed by atoms with Crippen molar-refractivity contribution in [1.82, 2.24) is 0 Å². The predicted molar refractivity (Wildman–Crippen MR) is 120 cm³/mol. The molecule has 4 heteroatoms. The first-order valence-electron chi connectivity index (χ1n) is 12.2. The van der Waals surface area contributed by atoms with Crippen LogP contribution in [0.1, 0.15) is 83.6 Å². The van der Waals surface area contributed by atoms with Gasteiger partial charge in [0, 0.05) is 0 Å². The second-order valence-corrected chi connectivity index (χ2v) is 12.9. The summed E-state index contributed by atoms with van der Waals surface area (Å²) < 4.78 is 32.0. The van der Waals surface area contributed by atoms with Crippen molar-refractivity contribution >= 4 is 10.1 Å². The van der Waals surface area contributed by atoms with Crippen LogP contribution in [0.5, 0.6) is 0 Å². The van der Waals surface area contributed by atoms with Crippen molar-refractivity contribution in [2.45, 2.75) is 96.0 Å². The van der Waals surface area contributed by atoms with Crippen LogP contribution in [0, 0.1) is 41.4 Å². The Morgan fingerprint density at radius 3 is 2.33 bits per heavy atom. The molecule has 0 unspecified atom stereocenters. The summed E-state index contributed by atoms with van der Waals surface area (Å²) in [5.41, 5.74) is 1.58. The highest BCUT2D eigenvalue weighted by molar-refractivity contribution is 7.86.